The Balaban J connectivity index is 2.05. The van der Waals surface area contributed by atoms with E-state index in [1.807, 2.05) is 12.1 Å². The molecule has 0 aliphatic rings. The van der Waals surface area contributed by atoms with Gasteiger partial charge in [0.1, 0.15) is 6.61 Å². The van der Waals surface area contributed by atoms with Gasteiger partial charge in [0.2, 0.25) is 0 Å². The van der Waals surface area contributed by atoms with E-state index >= 15 is 0 Å². The van der Waals surface area contributed by atoms with Gasteiger partial charge in [0.25, 0.3) is 0 Å². The van der Waals surface area contributed by atoms with Gasteiger partial charge >= 0.3 is 0 Å². The molecule has 0 N–H and O–H groups in total. The summed E-state index contributed by atoms with van der Waals surface area (Å²) < 4.78 is 18.6. The molecule has 0 spiro atoms. The fourth-order valence-electron chi connectivity index (χ4n) is 1.35. The molecule has 16 heavy (non-hydrogen) atoms. The Morgan fingerprint density at radius 3 is 2.62 bits per heavy atom. The summed E-state index contributed by atoms with van der Waals surface area (Å²) in [7, 11) is 0. The van der Waals surface area contributed by atoms with Crippen LogP contribution in [0.25, 0.3) is 0 Å². The summed E-state index contributed by atoms with van der Waals surface area (Å²) >= 11 is 5.83. The van der Waals surface area contributed by atoms with Gasteiger partial charge in [-0.05, 0) is 29.8 Å². The van der Waals surface area contributed by atoms with E-state index < -0.39 is 0 Å². The summed E-state index contributed by atoms with van der Waals surface area (Å²) in [4.78, 5) is 0. The molecule has 0 radical (unpaired) electrons. The Labute approximate surface area is 98.4 Å². The van der Waals surface area contributed by atoms with E-state index in [1.165, 1.54) is 6.07 Å². The van der Waals surface area contributed by atoms with Crippen LogP contribution in [0.3, 0.4) is 0 Å². The highest BCUT2D eigenvalue weighted by atomic mass is 35.5. The lowest BCUT2D eigenvalue weighted by atomic mass is 10.2. The van der Waals surface area contributed by atoms with Crippen LogP contribution in [0.15, 0.2) is 48.5 Å². The van der Waals surface area contributed by atoms with Gasteiger partial charge in [0.15, 0.2) is 11.6 Å². The fourth-order valence-corrected chi connectivity index (χ4v) is 1.56. The molecule has 2 rings (SSSR count). The van der Waals surface area contributed by atoms with Crippen molar-refractivity contribution in [3.8, 4) is 5.75 Å². The summed E-state index contributed by atoms with van der Waals surface area (Å²) in [5, 5.41) is 0.648. The van der Waals surface area contributed by atoms with Crippen molar-refractivity contribution in [2.24, 2.45) is 0 Å². The first-order chi connectivity index (χ1) is 7.75. The normalized spacial score (nSPS) is 10.1. The highest BCUT2D eigenvalue weighted by molar-refractivity contribution is 6.30. The molecule has 0 saturated heterocycles. The number of hydrogen-bond acceptors (Lipinski definition) is 1. The molecule has 0 atom stereocenters. The molecule has 0 heterocycles. The number of para-hydroxylation sites is 1. The SMILES string of the molecule is Fc1ccccc1OCc1cccc(Cl)c1. The molecular formula is C13H10ClFO. The van der Waals surface area contributed by atoms with Crippen molar-refractivity contribution >= 4 is 11.6 Å². The largest absolute Gasteiger partial charge is 0.486 e. The van der Waals surface area contributed by atoms with Crippen molar-refractivity contribution < 1.29 is 9.13 Å². The van der Waals surface area contributed by atoms with Crippen LogP contribution in [0.2, 0.25) is 5.02 Å². The van der Waals surface area contributed by atoms with Crippen LogP contribution in [-0.2, 0) is 6.61 Å². The monoisotopic (exact) mass is 236 g/mol. The molecule has 0 aromatic heterocycles. The van der Waals surface area contributed by atoms with Crippen LogP contribution < -0.4 is 4.74 Å². The van der Waals surface area contributed by atoms with Crippen LogP contribution in [0.5, 0.6) is 5.75 Å². The predicted molar refractivity (Wildman–Crippen MR) is 62.2 cm³/mol. The number of benzene rings is 2. The standard InChI is InChI=1S/C13H10ClFO/c14-11-5-3-4-10(8-11)9-16-13-7-2-1-6-12(13)15/h1-8H,9H2. The van der Waals surface area contributed by atoms with Gasteiger partial charge in [0, 0.05) is 5.02 Å². The quantitative estimate of drug-likeness (QED) is 0.781. The van der Waals surface area contributed by atoms with Gasteiger partial charge in [-0.15, -0.1) is 0 Å². The molecule has 2 aromatic carbocycles. The molecule has 3 heteroatoms. The Hall–Kier alpha value is -1.54. The van der Waals surface area contributed by atoms with Crippen molar-refractivity contribution in [3.63, 3.8) is 0 Å². The highest BCUT2D eigenvalue weighted by Gasteiger charge is 2.01. The maximum Gasteiger partial charge on any atom is 0.165 e. The molecular weight excluding hydrogens is 227 g/mol. The zero-order chi connectivity index (χ0) is 11.4. The van der Waals surface area contributed by atoms with Gasteiger partial charge in [-0.2, -0.15) is 0 Å². The molecule has 2 aromatic rings. The Bertz CT molecular complexity index is 485. The van der Waals surface area contributed by atoms with Crippen LogP contribution in [0.1, 0.15) is 5.56 Å². The first-order valence-electron chi connectivity index (χ1n) is 4.87. The Morgan fingerprint density at radius 1 is 1.06 bits per heavy atom. The van der Waals surface area contributed by atoms with E-state index in [-0.39, 0.29) is 11.6 Å². The summed E-state index contributed by atoms with van der Waals surface area (Å²) in [6.45, 7) is 0.307. The third-order valence-electron chi connectivity index (χ3n) is 2.12. The lowest BCUT2D eigenvalue weighted by Crippen LogP contribution is -1.96. The van der Waals surface area contributed by atoms with Gasteiger partial charge in [0.05, 0.1) is 0 Å². The van der Waals surface area contributed by atoms with E-state index in [0.29, 0.717) is 11.6 Å². The van der Waals surface area contributed by atoms with Crippen LogP contribution >= 0.6 is 11.6 Å². The first-order valence-corrected chi connectivity index (χ1v) is 5.25. The van der Waals surface area contributed by atoms with Crippen molar-refractivity contribution in [2.45, 2.75) is 6.61 Å². The second kappa shape index (κ2) is 4.99. The predicted octanol–water partition coefficient (Wildman–Crippen LogP) is 4.06. The summed E-state index contributed by atoms with van der Waals surface area (Å²) in [5.74, 6) is -0.105. The lowest BCUT2D eigenvalue weighted by molar-refractivity contribution is 0.290. The molecule has 0 unspecified atom stereocenters. The number of hydrogen-bond donors (Lipinski definition) is 0. The average Bonchev–Trinajstić information content (AvgIpc) is 2.28. The molecule has 0 fully saturated rings. The number of halogens is 2. The Morgan fingerprint density at radius 2 is 1.88 bits per heavy atom. The molecule has 0 aliphatic heterocycles. The van der Waals surface area contributed by atoms with Crippen molar-refractivity contribution in [1.29, 1.82) is 0 Å². The molecule has 0 aliphatic carbocycles. The zero-order valence-corrected chi connectivity index (χ0v) is 9.25. The highest BCUT2D eigenvalue weighted by Crippen LogP contribution is 2.18. The van der Waals surface area contributed by atoms with Gasteiger partial charge < -0.3 is 4.74 Å². The van der Waals surface area contributed by atoms with E-state index in [9.17, 15) is 4.39 Å². The molecule has 0 bridgehead atoms. The first kappa shape index (κ1) is 11.0. The van der Waals surface area contributed by atoms with E-state index in [4.69, 9.17) is 16.3 Å². The zero-order valence-electron chi connectivity index (χ0n) is 8.49. The van der Waals surface area contributed by atoms with Crippen LogP contribution in [0, 0.1) is 5.82 Å². The molecule has 0 amide bonds. The Kier molecular flexibility index (Phi) is 3.42. The molecule has 82 valence electrons. The lowest BCUT2D eigenvalue weighted by Gasteiger charge is -2.07. The maximum atomic E-state index is 13.2. The van der Waals surface area contributed by atoms with E-state index in [0.717, 1.165) is 5.56 Å². The second-order valence-corrected chi connectivity index (χ2v) is 3.79. The van der Waals surface area contributed by atoms with Crippen LogP contribution in [0.4, 0.5) is 4.39 Å². The van der Waals surface area contributed by atoms with Gasteiger partial charge in [-0.25, -0.2) is 4.39 Å². The summed E-state index contributed by atoms with van der Waals surface area (Å²) in [6.07, 6.45) is 0. The van der Waals surface area contributed by atoms with Crippen molar-refractivity contribution in [3.05, 3.63) is 64.9 Å². The average molecular weight is 237 g/mol. The fraction of sp³-hybridized carbons (Fsp3) is 0.0769. The smallest absolute Gasteiger partial charge is 0.165 e. The van der Waals surface area contributed by atoms with E-state index in [1.54, 1.807) is 30.3 Å². The second-order valence-electron chi connectivity index (χ2n) is 3.35. The minimum Gasteiger partial charge on any atom is -0.486 e. The minimum absolute atomic E-state index is 0.252. The third kappa shape index (κ3) is 2.74. The van der Waals surface area contributed by atoms with E-state index in [2.05, 4.69) is 0 Å². The summed E-state index contributed by atoms with van der Waals surface area (Å²) in [5.41, 5.74) is 0.913. The minimum atomic E-state index is -0.357. The topological polar surface area (TPSA) is 9.23 Å². The van der Waals surface area contributed by atoms with Crippen molar-refractivity contribution in [2.75, 3.05) is 0 Å². The van der Waals surface area contributed by atoms with Gasteiger partial charge in [-0.3, -0.25) is 0 Å². The van der Waals surface area contributed by atoms with Crippen molar-refractivity contribution in [1.82, 2.24) is 0 Å². The van der Waals surface area contributed by atoms with Gasteiger partial charge in [-0.1, -0.05) is 35.9 Å². The van der Waals surface area contributed by atoms with Crippen LogP contribution in [-0.4, -0.2) is 0 Å². The summed E-state index contributed by atoms with van der Waals surface area (Å²) in [6, 6.07) is 13.6. The number of rotatable bonds is 3. The molecule has 0 saturated carbocycles. The number of ether oxygens (including phenoxy) is 1. The maximum absolute atomic E-state index is 13.2. The molecule has 1 nitrogen and oxygen atoms in total. The third-order valence-corrected chi connectivity index (χ3v) is 2.36.